The summed E-state index contributed by atoms with van der Waals surface area (Å²) in [6, 6.07) is 5.08. The molecule has 1 aromatic carbocycles. The summed E-state index contributed by atoms with van der Waals surface area (Å²) in [5.41, 5.74) is 0.550. The fraction of sp³-hybridized carbons (Fsp3) is 0.538. The third-order valence-corrected chi connectivity index (χ3v) is 3.71. The predicted molar refractivity (Wildman–Crippen MR) is 62.9 cm³/mol. The van der Waals surface area contributed by atoms with Gasteiger partial charge in [0.1, 0.15) is 11.6 Å². The summed E-state index contributed by atoms with van der Waals surface area (Å²) in [5.74, 6) is -1.05. The quantitative estimate of drug-likeness (QED) is 0.827. The van der Waals surface area contributed by atoms with E-state index in [1.165, 1.54) is 25.0 Å². The lowest BCUT2D eigenvalue weighted by Crippen LogP contribution is -2.43. The van der Waals surface area contributed by atoms with E-state index in [0.29, 0.717) is 23.8 Å². The van der Waals surface area contributed by atoms with E-state index in [2.05, 4.69) is 10.6 Å². The summed E-state index contributed by atoms with van der Waals surface area (Å²) >= 11 is 0. The molecule has 0 spiro atoms. The normalized spacial score (nSPS) is 31.5. The first-order valence-electron chi connectivity index (χ1n) is 6.18. The van der Waals surface area contributed by atoms with Crippen LogP contribution in [0.2, 0.25) is 0 Å². The van der Waals surface area contributed by atoms with Crippen molar-refractivity contribution in [1.82, 2.24) is 5.32 Å². The van der Waals surface area contributed by atoms with Crippen LogP contribution in [0.1, 0.15) is 25.7 Å². The van der Waals surface area contributed by atoms with E-state index in [0.717, 1.165) is 18.9 Å². The SMILES string of the molecule is Fc1cc(F)cc(NC2CC3CCC(C2)N3)c1. The van der Waals surface area contributed by atoms with Gasteiger partial charge in [-0.1, -0.05) is 0 Å². The molecule has 0 aliphatic carbocycles. The lowest BCUT2D eigenvalue weighted by atomic mass is 9.99. The second-order valence-corrected chi connectivity index (χ2v) is 5.11. The third-order valence-electron chi connectivity index (χ3n) is 3.71. The van der Waals surface area contributed by atoms with Gasteiger partial charge in [0, 0.05) is 29.9 Å². The van der Waals surface area contributed by atoms with Gasteiger partial charge in [0.15, 0.2) is 0 Å². The van der Waals surface area contributed by atoms with Crippen LogP contribution in [0.15, 0.2) is 18.2 Å². The Labute approximate surface area is 99.4 Å². The van der Waals surface area contributed by atoms with Crippen LogP contribution >= 0.6 is 0 Å². The summed E-state index contributed by atoms with van der Waals surface area (Å²) < 4.78 is 26.1. The average Bonchev–Trinajstić information content (AvgIpc) is 2.56. The first kappa shape index (κ1) is 11.0. The summed E-state index contributed by atoms with van der Waals surface area (Å²) in [6.45, 7) is 0. The van der Waals surface area contributed by atoms with Crippen molar-refractivity contribution in [3.05, 3.63) is 29.8 Å². The number of piperidine rings is 1. The van der Waals surface area contributed by atoms with Crippen molar-refractivity contribution in [3.8, 4) is 0 Å². The number of benzene rings is 1. The molecule has 0 radical (unpaired) electrons. The Bertz CT molecular complexity index is 390. The van der Waals surface area contributed by atoms with Gasteiger partial charge in [-0.05, 0) is 37.8 Å². The van der Waals surface area contributed by atoms with Crippen LogP contribution in [0.5, 0.6) is 0 Å². The summed E-state index contributed by atoms with van der Waals surface area (Å²) in [6.07, 6.45) is 4.52. The molecule has 17 heavy (non-hydrogen) atoms. The highest BCUT2D eigenvalue weighted by atomic mass is 19.1. The second-order valence-electron chi connectivity index (χ2n) is 5.11. The molecule has 0 aromatic heterocycles. The number of hydrogen-bond acceptors (Lipinski definition) is 2. The molecule has 2 unspecified atom stereocenters. The first-order valence-corrected chi connectivity index (χ1v) is 6.18. The summed E-state index contributed by atoms with van der Waals surface area (Å²) in [5, 5.41) is 6.78. The van der Waals surface area contributed by atoms with Crippen molar-refractivity contribution in [2.45, 2.75) is 43.8 Å². The number of fused-ring (bicyclic) bond motifs is 2. The maximum absolute atomic E-state index is 13.1. The zero-order valence-electron chi connectivity index (χ0n) is 9.55. The highest BCUT2D eigenvalue weighted by molar-refractivity contribution is 5.44. The number of halogens is 2. The molecule has 92 valence electrons. The Morgan fingerprint density at radius 3 is 2.18 bits per heavy atom. The molecule has 2 saturated heterocycles. The van der Waals surface area contributed by atoms with Crippen LogP contribution in [-0.2, 0) is 0 Å². The van der Waals surface area contributed by atoms with Gasteiger partial charge in [-0.2, -0.15) is 0 Å². The Balaban J connectivity index is 1.70. The van der Waals surface area contributed by atoms with Gasteiger partial charge in [-0.25, -0.2) is 8.78 Å². The molecule has 2 atom stereocenters. The van der Waals surface area contributed by atoms with E-state index < -0.39 is 11.6 Å². The Kier molecular flexibility index (Phi) is 2.74. The monoisotopic (exact) mass is 238 g/mol. The fourth-order valence-corrected chi connectivity index (χ4v) is 3.05. The number of anilines is 1. The topological polar surface area (TPSA) is 24.1 Å². The molecule has 3 rings (SSSR count). The lowest BCUT2D eigenvalue weighted by molar-refractivity contribution is 0.378. The Morgan fingerprint density at radius 2 is 1.59 bits per heavy atom. The minimum absolute atomic E-state index is 0.329. The highest BCUT2D eigenvalue weighted by Crippen LogP contribution is 2.29. The van der Waals surface area contributed by atoms with Crippen LogP contribution in [0.3, 0.4) is 0 Å². The minimum atomic E-state index is -0.524. The van der Waals surface area contributed by atoms with E-state index in [-0.39, 0.29) is 0 Å². The molecule has 2 N–H and O–H groups in total. The maximum atomic E-state index is 13.1. The fourth-order valence-electron chi connectivity index (χ4n) is 3.05. The zero-order valence-corrected chi connectivity index (χ0v) is 9.55. The first-order chi connectivity index (χ1) is 8.19. The summed E-state index contributed by atoms with van der Waals surface area (Å²) in [4.78, 5) is 0. The van der Waals surface area contributed by atoms with E-state index in [1.54, 1.807) is 0 Å². The zero-order chi connectivity index (χ0) is 11.8. The standard InChI is InChI=1S/C13H16F2N2/c14-8-3-9(15)5-12(4-8)17-13-6-10-1-2-11(7-13)16-10/h3-5,10-11,13,16-17H,1-2,6-7H2. The lowest BCUT2D eigenvalue weighted by Gasteiger charge is -2.30. The second kappa shape index (κ2) is 4.26. The average molecular weight is 238 g/mol. The van der Waals surface area contributed by atoms with Crippen molar-refractivity contribution < 1.29 is 8.78 Å². The Morgan fingerprint density at radius 1 is 1.00 bits per heavy atom. The van der Waals surface area contributed by atoms with Gasteiger partial charge in [0.05, 0.1) is 0 Å². The van der Waals surface area contributed by atoms with E-state index in [1.807, 2.05) is 0 Å². The van der Waals surface area contributed by atoms with Crippen LogP contribution < -0.4 is 10.6 Å². The van der Waals surface area contributed by atoms with E-state index in [9.17, 15) is 8.78 Å². The third kappa shape index (κ3) is 2.41. The molecule has 1 aromatic rings. The highest BCUT2D eigenvalue weighted by Gasteiger charge is 2.33. The molecular weight excluding hydrogens is 222 g/mol. The van der Waals surface area contributed by atoms with Crippen LogP contribution in [-0.4, -0.2) is 18.1 Å². The van der Waals surface area contributed by atoms with Crippen molar-refractivity contribution in [1.29, 1.82) is 0 Å². The largest absolute Gasteiger partial charge is 0.382 e. The van der Waals surface area contributed by atoms with E-state index in [4.69, 9.17) is 0 Å². The number of hydrogen-bond donors (Lipinski definition) is 2. The van der Waals surface area contributed by atoms with Crippen LogP contribution in [0, 0.1) is 11.6 Å². The van der Waals surface area contributed by atoms with Gasteiger partial charge in [0.2, 0.25) is 0 Å². The van der Waals surface area contributed by atoms with Crippen molar-refractivity contribution >= 4 is 5.69 Å². The predicted octanol–water partition coefficient (Wildman–Crippen LogP) is 2.66. The molecule has 0 amide bonds. The van der Waals surface area contributed by atoms with Gasteiger partial charge >= 0.3 is 0 Å². The van der Waals surface area contributed by atoms with Gasteiger partial charge in [-0.15, -0.1) is 0 Å². The van der Waals surface area contributed by atoms with Crippen molar-refractivity contribution in [2.75, 3.05) is 5.32 Å². The van der Waals surface area contributed by atoms with Gasteiger partial charge < -0.3 is 10.6 Å². The molecule has 2 heterocycles. The molecule has 0 saturated carbocycles. The van der Waals surface area contributed by atoms with Crippen LogP contribution in [0.4, 0.5) is 14.5 Å². The minimum Gasteiger partial charge on any atom is -0.382 e. The molecule has 2 fully saturated rings. The molecule has 2 aliphatic rings. The van der Waals surface area contributed by atoms with Crippen molar-refractivity contribution in [3.63, 3.8) is 0 Å². The summed E-state index contributed by atoms with van der Waals surface area (Å²) in [7, 11) is 0. The van der Waals surface area contributed by atoms with Gasteiger partial charge in [0.25, 0.3) is 0 Å². The molecule has 2 nitrogen and oxygen atoms in total. The van der Waals surface area contributed by atoms with Gasteiger partial charge in [-0.3, -0.25) is 0 Å². The number of rotatable bonds is 2. The molecule has 2 bridgehead atoms. The molecular formula is C13H16F2N2. The Hall–Kier alpha value is -1.16. The maximum Gasteiger partial charge on any atom is 0.128 e. The smallest absolute Gasteiger partial charge is 0.128 e. The van der Waals surface area contributed by atoms with Crippen LogP contribution in [0.25, 0.3) is 0 Å². The van der Waals surface area contributed by atoms with Crippen molar-refractivity contribution in [2.24, 2.45) is 0 Å². The molecule has 2 aliphatic heterocycles. The molecule has 4 heteroatoms. The number of nitrogens with one attached hydrogen (secondary N) is 2. The van der Waals surface area contributed by atoms with E-state index >= 15 is 0 Å².